The molecule has 0 aliphatic heterocycles. The number of carboxylic acids is 1. The highest BCUT2D eigenvalue weighted by atomic mass is 16.4. The van der Waals surface area contributed by atoms with E-state index in [1.807, 2.05) is 31.2 Å². The summed E-state index contributed by atoms with van der Waals surface area (Å²) in [5, 5.41) is 8.94. The summed E-state index contributed by atoms with van der Waals surface area (Å²) >= 11 is 0. The minimum Gasteiger partial charge on any atom is -0.481 e. The van der Waals surface area contributed by atoms with Crippen LogP contribution in [0.5, 0.6) is 0 Å². The fourth-order valence-electron chi connectivity index (χ4n) is 1.61. The van der Waals surface area contributed by atoms with Gasteiger partial charge in [-0.05, 0) is 12.5 Å². The maximum Gasteiger partial charge on any atom is 0.306 e. The Balaban J connectivity index is 2.92. The normalized spacial score (nSPS) is 14.6. The van der Waals surface area contributed by atoms with Gasteiger partial charge in [-0.1, -0.05) is 36.8 Å². The fourth-order valence-corrected chi connectivity index (χ4v) is 1.61. The summed E-state index contributed by atoms with van der Waals surface area (Å²) in [6, 6.07) is 7.86. The van der Waals surface area contributed by atoms with Gasteiger partial charge in [-0.2, -0.15) is 0 Å². The van der Waals surface area contributed by atoms with Gasteiger partial charge in [0, 0.05) is 12.5 Å². The van der Waals surface area contributed by atoms with Crippen LogP contribution in [0, 0.1) is 12.8 Å². The highest BCUT2D eigenvalue weighted by Crippen LogP contribution is 2.23. The average molecular weight is 207 g/mol. The monoisotopic (exact) mass is 207 g/mol. The highest BCUT2D eigenvalue weighted by molar-refractivity contribution is 5.71. The van der Waals surface area contributed by atoms with Gasteiger partial charge >= 0.3 is 5.97 Å². The zero-order chi connectivity index (χ0) is 11.4. The molecule has 1 rings (SSSR count). The molecular formula is C12H17NO2. The Morgan fingerprint density at radius 2 is 1.93 bits per heavy atom. The first-order valence-corrected chi connectivity index (χ1v) is 5.05. The molecule has 0 aromatic heterocycles. The van der Waals surface area contributed by atoms with Crippen LogP contribution in [0.4, 0.5) is 0 Å². The average Bonchev–Trinajstić information content (AvgIpc) is 2.21. The van der Waals surface area contributed by atoms with Crippen LogP contribution in [0.3, 0.4) is 0 Å². The van der Waals surface area contributed by atoms with Crippen LogP contribution in [-0.4, -0.2) is 17.6 Å². The van der Waals surface area contributed by atoms with Gasteiger partial charge in [-0.15, -0.1) is 0 Å². The molecule has 0 heterocycles. The van der Waals surface area contributed by atoms with E-state index in [9.17, 15) is 4.79 Å². The lowest BCUT2D eigenvalue weighted by Crippen LogP contribution is -2.25. The zero-order valence-electron chi connectivity index (χ0n) is 9.10. The molecule has 2 atom stereocenters. The lowest BCUT2D eigenvalue weighted by Gasteiger charge is -2.19. The molecule has 0 spiro atoms. The van der Waals surface area contributed by atoms with Gasteiger partial charge in [0.15, 0.2) is 0 Å². The number of carboxylic acid groups (broad SMARTS) is 1. The van der Waals surface area contributed by atoms with Gasteiger partial charge in [-0.25, -0.2) is 0 Å². The number of aliphatic carboxylic acids is 1. The number of nitrogens with two attached hydrogens (primary N) is 1. The van der Waals surface area contributed by atoms with Crippen molar-refractivity contribution in [1.29, 1.82) is 0 Å². The van der Waals surface area contributed by atoms with E-state index in [1.54, 1.807) is 6.92 Å². The van der Waals surface area contributed by atoms with Crippen LogP contribution >= 0.6 is 0 Å². The van der Waals surface area contributed by atoms with Gasteiger partial charge < -0.3 is 10.8 Å². The van der Waals surface area contributed by atoms with Gasteiger partial charge in [0.2, 0.25) is 0 Å². The molecule has 1 aromatic carbocycles. The third-order valence-corrected chi connectivity index (χ3v) is 2.75. The second-order valence-corrected chi connectivity index (χ2v) is 3.88. The minimum atomic E-state index is -0.800. The number of hydrogen-bond donors (Lipinski definition) is 2. The molecule has 0 saturated carbocycles. The SMILES string of the molecule is Cc1ccc([C@@H](CN)C(C)C(=O)O)cc1. The molecule has 0 amide bonds. The van der Waals surface area contributed by atoms with Crippen molar-refractivity contribution < 1.29 is 9.90 Å². The van der Waals surface area contributed by atoms with E-state index in [0.717, 1.165) is 11.1 Å². The number of aryl methyl sites for hydroxylation is 1. The van der Waals surface area contributed by atoms with Crippen molar-refractivity contribution in [1.82, 2.24) is 0 Å². The van der Waals surface area contributed by atoms with Gasteiger partial charge in [0.05, 0.1) is 5.92 Å². The van der Waals surface area contributed by atoms with Gasteiger partial charge in [0.1, 0.15) is 0 Å². The van der Waals surface area contributed by atoms with Crippen molar-refractivity contribution in [2.24, 2.45) is 11.7 Å². The molecule has 0 radical (unpaired) electrons. The van der Waals surface area contributed by atoms with Crippen LogP contribution in [0.15, 0.2) is 24.3 Å². The van der Waals surface area contributed by atoms with Crippen molar-refractivity contribution in [2.45, 2.75) is 19.8 Å². The Morgan fingerprint density at radius 3 is 2.33 bits per heavy atom. The third kappa shape index (κ3) is 2.80. The van der Waals surface area contributed by atoms with Crippen LogP contribution in [0.1, 0.15) is 24.0 Å². The predicted octanol–water partition coefficient (Wildman–Crippen LogP) is 1.76. The lowest BCUT2D eigenvalue weighted by atomic mass is 9.87. The summed E-state index contributed by atoms with van der Waals surface area (Å²) < 4.78 is 0. The number of rotatable bonds is 4. The highest BCUT2D eigenvalue weighted by Gasteiger charge is 2.23. The molecule has 3 N–H and O–H groups in total. The predicted molar refractivity (Wildman–Crippen MR) is 59.8 cm³/mol. The van der Waals surface area contributed by atoms with Crippen molar-refractivity contribution in [3.05, 3.63) is 35.4 Å². The molecule has 0 bridgehead atoms. The van der Waals surface area contributed by atoms with Crippen molar-refractivity contribution in [3.8, 4) is 0 Å². The Hall–Kier alpha value is -1.35. The second-order valence-electron chi connectivity index (χ2n) is 3.88. The van der Waals surface area contributed by atoms with E-state index in [2.05, 4.69) is 0 Å². The summed E-state index contributed by atoms with van der Waals surface area (Å²) in [4.78, 5) is 10.9. The first-order valence-electron chi connectivity index (χ1n) is 5.05. The topological polar surface area (TPSA) is 63.3 Å². The van der Waals surface area contributed by atoms with E-state index >= 15 is 0 Å². The molecule has 82 valence electrons. The van der Waals surface area contributed by atoms with Crippen LogP contribution in [-0.2, 0) is 4.79 Å². The van der Waals surface area contributed by atoms with Crippen molar-refractivity contribution in [3.63, 3.8) is 0 Å². The van der Waals surface area contributed by atoms with E-state index < -0.39 is 11.9 Å². The van der Waals surface area contributed by atoms with E-state index in [0.29, 0.717) is 6.54 Å². The Kier molecular flexibility index (Phi) is 3.86. The molecular weight excluding hydrogens is 190 g/mol. The second kappa shape index (κ2) is 4.94. The van der Waals surface area contributed by atoms with E-state index in [1.165, 1.54) is 0 Å². The molecule has 3 heteroatoms. The number of benzene rings is 1. The van der Waals surface area contributed by atoms with Crippen LogP contribution in [0.2, 0.25) is 0 Å². The largest absolute Gasteiger partial charge is 0.481 e. The Bertz CT molecular complexity index is 332. The first kappa shape index (κ1) is 11.7. The first-order chi connectivity index (χ1) is 7.06. The fraction of sp³-hybridized carbons (Fsp3) is 0.417. The standard InChI is InChI=1S/C12H17NO2/c1-8-3-5-10(6-4-8)11(7-13)9(2)12(14)15/h3-6,9,11H,7,13H2,1-2H3,(H,14,15)/t9?,11-/m0/s1. The van der Waals surface area contributed by atoms with Gasteiger partial charge in [-0.3, -0.25) is 4.79 Å². The zero-order valence-corrected chi connectivity index (χ0v) is 9.10. The third-order valence-electron chi connectivity index (χ3n) is 2.75. The summed E-state index contributed by atoms with van der Waals surface area (Å²) in [7, 11) is 0. The maximum absolute atomic E-state index is 10.9. The summed E-state index contributed by atoms with van der Waals surface area (Å²) in [6.45, 7) is 4.05. The maximum atomic E-state index is 10.9. The molecule has 0 fully saturated rings. The molecule has 0 aliphatic rings. The summed E-state index contributed by atoms with van der Waals surface area (Å²) in [5.74, 6) is -1.35. The smallest absolute Gasteiger partial charge is 0.306 e. The molecule has 1 aromatic rings. The quantitative estimate of drug-likeness (QED) is 0.790. The van der Waals surface area contributed by atoms with E-state index in [-0.39, 0.29) is 5.92 Å². The summed E-state index contributed by atoms with van der Waals surface area (Å²) in [5.41, 5.74) is 7.78. The Labute approximate surface area is 89.9 Å². The van der Waals surface area contributed by atoms with Crippen LogP contribution < -0.4 is 5.73 Å². The minimum absolute atomic E-state index is 0.108. The number of hydrogen-bond acceptors (Lipinski definition) is 2. The van der Waals surface area contributed by atoms with E-state index in [4.69, 9.17) is 10.8 Å². The Morgan fingerprint density at radius 1 is 1.40 bits per heavy atom. The lowest BCUT2D eigenvalue weighted by molar-refractivity contribution is -0.141. The molecule has 3 nitrogen and oxygen atoms in total. The molecule has 0 aliphatic carbocycles. The number of carbonyl (C=O) groups is 1. The summed E-state index contributed by atoms with van der Waals surface area (Å²) in [6.07, 6.45) is 0. The van der Waals surface area contributed by atoms with Crippen molar-refractivity contribution >= 4 is 5.97 Å². The van der Waals surface area contributed by atoms with Crippen LogP contribution in [0.25, 0.3) is 0 Å². The molecule has 15 heavy (non-hydrogen) atoms. The van der Waals surface area contributed by atoms with Gasteiger partial charge in [0.25, 0.3) is 0 Å². The molecule has 1 unspecified atom stereocenters. The van der Waals surface area contributed by atoms with Crippen molar-refractivity contribution in [2.75, 3.05) is 6.54 Å². The molecule has 0 saturated heterocycles.